The number of rotatable bonds is 5. The Labute approximate surface area is 98.4 Å². The van der Waals surface area contributed by atoms with Gasteiger partial charge in [-0.3, -0.25) is 4.79 Å². The van der Waals surface area contributed by atoms with Crippen molar-refractivity contribution in [2.24, 2.45) is 5.41 Å². The first-order valence-electron chi connectivity index (χ1n) is 4.93. The van der Waals surface area contributed by atoms with Gasteiger partial charge in [0.25, 0.3) is 5.91 Å². The van der Waals surface area contributed by atoms with E-state index in [1.54, 1.807) is 12.1 Å². The average molecular weight is 274 g/mol. The Kier molecular flexibility index (Phi) is 4.39. The third-order valence-electron chi connectivity index (χ3n) is 2.24. The Bertz CT molecular complexity index is 306. The molecule has 0 radical (unpaired) electrons. The van der Waals surface area contributed by atoms with Crippen molar-refractivity contribution in [3.8, 4) is 0 Å². The summed E-state index contributed by atoms with van der Waals surface area (Å²) in [5, 5.41) is 3.80. The van der Waals surface area contributed by atoms with Crippen LogP contribution in [0.5, 0.6) is 0 Å². The molecule has 0 aliphatic rings. The summed E-state index contributed by atoms with van der Waals surface area (Å²) in [6, 6.07) is 3.37. The molecular weight excluding hydrogens is 258 g/mol. The second-order valence-corrected chi connectivity index (χ2v) is 5.06. The molecule has 0 aliphatic heterocycles. The highest BCUT2D eigenvalue weighted by Gasteiger charge is 2.19. The Morgan fingerprint density at radius 2 is 2.33 bits per heavy atom. The van der Waals surface area contributed by atoms with Gasteiger partial charge in [0.1, 0.15) is 0 Å². The number of carbonyl (C=O) groups is 1. The maximum atomic E-state index is 11.5. The van der Waals surface area contributed by atoms with E-state index in [2.05, 4.69) is 35.1 Å². The highest BCUT2D eigenvalue weighted by atomic mass is 79.9. The summed E-state index contributed by atoms with van der Waals surface area (Å²) < 4.78 is 5.00. The van der Waals surface area contributed by atoms with E-state index in [0.29, 0.717) is 12.3 Å². The molecule has 0 bridgehead atoms. The van der Waals surface area contributed by atoms with Gasteiger partial charge in [-0.05, 0) is 24.0 Å². The molecule has 3 nitrogen and oxygen atoms in total. The van der Waals surface area contributed by atoms with Crippen molar-refractivity contribution in [3.63, 3.8) is 0 Å². The van der Waals surface area contributed by atoms with Gasteiger partial charge >= 0.3 is 0 Å². The SMILES string of the molecule is CC(C)(CCBr)CNC(=O)c1ccco1. The minimum atomic E-state index is -0.150. The predicted octanol–water partition coefficient (Wildman–Crippen LogP) is 2.82. The summed E-state index contributed by atoms with van der Waals surface area (Å²) in [6.45, 7) is 4.89. The van der Waals surface area contributed by atoms with Gasteiger partial charge in [-0.1, -0.05) is 29.8 Å². The number of hydrogen-bond acceptors (Lipinski definition) is 2. The molecule has 1 rings (SSSR count). The number of carbonyl (C=O) groups excluding carboxylic acids is 1. The minimum Gasteiger partial charge on any atom is -0.459 e. The smallest absolute Gasteiger partial charge is 0.286 e. The Hall–Kier alpha value is -0.770. The predicted molar refractivity (Wildman–Crippen MR) is 63.2 cm³/mol. The maximum absolute atomic E-state index is 11.5. The summed E-state index contributed by atoms with van der Waals surface area (Å²) >= 11 is 3.40. The molecule has 0 fully saturated rings. The van der Waals surface area contributed by atoms with Crippen LogP contribution in [0.15, 0.2) is 22.8 Å². The molecule has 84 valence electrons. The fraction of sp³-hybridized carbons (Fsp3) is 0.545. The normalized spacial score (nSPS) is 11.4. The first-order valence-corrected chi connectivity index (χ1v) is 6.05. The zero-order valence-electron chi connectivity index (χ0n) is 9.05. The van der Waals surface area contributed by atoms with Crippen LogP contribution in [0.1, 0.15) is 30.8 Å². The molecule has 1 aromatic rings. The fourth-order valence-corrected chi connectivity index (χ4v) is 2.23. The van der Waals surface area contributed by atoms with Gasteiger partial charge in [-0.2, -0.15) is 0 Å². The topological polar surface area (TPSA) is 42.2 Å². The molecule has 0 aromatic carbocycles. The summed E-state index contributed by atoms with van der Waals surface area (Å²) in [5.74, 6) is 0.215. The van der Waals surface area contributed by atoms with E-state index in [1.807, 2.05) is 0 Å². The molecule has 0 spiro atoms. The highest BCUT2D eigenvalue weighted by Crippen LogP contribution is 2.20. The van der Waals surface area contributed by atoms with E-state index in [-0.39, 0.29) is 11.3 Å². The maximum Gasteiger partial charge on any atom is 0.286 e. The van der Waals surface area contributed by atoms with Gasteiger partial charge in [0.05, 0.1) is 6.26 Å². The first kappa shape index (κ1) is 12.3. The van der Waals surface area contributed by atoms with Crippen molar-refractivity contribution < 1.29 is 9.21 Å². The lowest BCUT2D eigenvalue weighted by Crippen LogP contribution is -2.34. The molecule has 0 atom stereocenters. The first-order chi connectivity index (χ1) is 7.05. The quantitative estimate of drug-likeness (QED) is 0.839. The summed E-state index contributed by atoms with van der Waals surface area (Å²) in [7, 11) is 0. The number of halogens is 1. The van der Waals surface area contributed by atoms with Gasteiger partial charge in [-0.15, -0.1) is 0 Å². The summed E-state index contributed by atoms with van der Waals surface area (Å²) in [4.78, 5) is 11.5. The molecule has 1 aromatic heterocycles. The van der Waals surface area contributed by atoms with Crippen LogP contribution in [-0.4, -0.2) is 17.8 Å². The number of nitrogens with one attached hydrogen (secondary N) is 1. The van der Waals surface area contributed by atoms with Gasteiger partial charge < -0.3 is 9.73 Å². The molecule has 1 amide bonds. The van der Waals surface area contributed by atoms with Crippen LogP contribution in [0.3, 0.4) is 0 Å². The van der Waals surface area contributed by atoms with E-state index >= 15 is 0 Å². The molecule has 15 heavy (non-hydrogen) atoms. The third kappa shape index (κ3) is 4.08. The Morgan fingerprint density at radius 3 is 2.87 bits per heavy atom. The largest absolute Gasteiger partial charge is 0.459 e. The zero-order chi connectivity index (χ0) is 11.3. The Balaban J connectivity index is 2.40. The molecule has 0 aliphatic carbocycles. The van der Waals surface area contributed by atoms with Gasteiger partial charge in [0.2, 0.25) is 0 Å². The molecular formula is C11H16BrNO2. The lowest BCUT2D eigenvalue weighted by molar-refractivity contribution is 0.0908. The van der Waals surface area contributed by atoms with E-state index in [1.165, 1.54) is 6.26 Å². The summed E-state index contributed by atoms with van der Waals surface area (Å²) in [5.41, 5.74) is 0.103. The lowest BCUT2D eigenvalue weighted by Gasteiger charge is -2.23. The zero-order valence-corrected chi connectivity index (χ0v) is 10.6. The highest BCUT2D eigenvalue weighted by molar-refractivity contribution is 9.09. The number of hydrogen-bond donors (Lipinski definition) is 1. The van der Waals surface area contributed by atoms with Gasteiger partial charge in [-0.25, -0.2) is 0 Å². The minimum absolute atomic E-state index is 0.103. The van der Waals surface area contributed by atoms with Gasteiger partial charge in [0.15, 0.2) is 5.76 Å². The van der Waals surface area contributed by atoms with Crippen molar-refractivity contribution in [2.45, 2.75) is 20.3 Å². The lowest BCUT2D eigenvalue weighted by atomic mass is 9.90. The third-order valence-corrected chi connectivity index (χ3v) is 2.64. The van der Waals surface area contributed by atoms with Crippen molar-refractivity contribution in [1.29, 1.82) is 0 Å². The molecule has 0 saturated heterocycles. The van der Waals surface area contributed by atoms with E-state index in [0.717, 1.165) is 11.8 Å². The fourth-order valence-electron chi connectivity index (χ4n) is 1.16. The van der Waals surface area contributed by atoms with E-state index in [4.69, 9.17) is 4.42 Å². The van der Waals surface area contributed by atoms with Crippen LogP contribution in [0, 0.1) is 5.41 Å². The number of furan rings is 1. The number of alkyl halides is 1. The van der Waals surface area contributed by atoms with Crippen LogP contribution in [0.4, 0.5) is 0 Å². The average Bonchev–Trinajstić information content (AvgIpc) is 2.67. The van der Waals surface area contributed by atoms with Crippen molar-refractivity contribution in [2.75, 3.05) is 11.9 Å². The second-order valence-electron chi connectivity index (χ2n) is 4.26. The van der Waals surface area contributed by atoms with Crippen LogP contribution in [0.2, 0.25) is 0 Å². The second kappa shape index (κ2) is 5.35. The van der Waals surface area contributed by atoms with Crippen LogP contribution in [-0.2, 0) is 0 Å². The Morgan fingerprint density at radius 1 is 1.60 bits per heavy atom. The molecule has 0 saturated carbocycles. The molecule has 1 N–H and O–H groups in total. The van der Waals surface area contributed by atoms with Gasteiger partial charge in [0, 0.05) is 11.9 Å². The molecule has 4 heteroatoms. The van der Waals surface area contributed by atoms with Crippen molar-refractivity contribution >= 4 is 21.8 Å². The van der Waals surface area contributed by atoms with Crippen LogP contribution >= 0.6 is 15.9 Å². The van der Waals surface area contributed by atoms with Crippen LogP contribution < -0.4 is 5.32 Å². The number of amides is 1. The van der Waals surface area contributed by atoms with Crippen molar-refractivity contribution in [1.82, 2.24) is 5.32 Å². The van der Waals surface area contributed by atoms with Crippen molar-refractivity contribution in [3.05, 3.63) is 24.2 Å². The standard InChI is InChI=1S/C11H16BrNO2/c1-11(2,5-6-12)8-13-10(14)9-4-3-7-15-9/h3-4,7H,5-6,8H2,1-2H3,(H,13,14). The van der Waals surface area contributed by atoms with E-state index in [9.17, 15) is 4.79 Å². The van der Waals surface area contributed by atoms with Crippen LogP contribution in [0.25, 0.3) is 0 Å². The monoisotopic (exact) mass is 273 g/mol. The molecule has 0 unspecified atom stereocenters. The summed E-state index contributed by atoms with van der Waals surface area (Å²) in [6.07, 6.45) is 2.52. The van der Waals surface area contributed by atoms with E-state index < -0.39 is 0 Å². The molecule has 1 heterocycles.